The summed E-state index contributed by atoms with van der Waals surface area (Å²) >= 11 is 7.14. The lowest BCUT2D eigenvalue weighted by atomic mass is 10.2. The Hall–Kier alpha value is -3.36. The van der Waals surface area contributed by atoms with E-state index in [2.05, 4.69) is 5.32 Å². The summed E-state index contributed by atoms with van der Waals surface area (Å²) in [5.41, 5.74) is 1.23. The molecule has 2 aromatic carbocycles. The first-order valence-electron chi connectivity index (χ1n) is 9.81. The number of hydrogen-bond donors (Lipinski definition) is 1. The molecule has 0 saturated heterocycles. The number of amides is 1. The van der Waals surface area contributed by atoms with Crippen molar-refractivity contribution in [2.75, 3.05) is 7.11 Å². The third kappa shape index (κ3) is 4.61. The van der Waals surface area contributed by atoms with E-state index in [1.54, 1.807) is 55.0 Å². The van der Waals surface area contributed by atoms with E-state index >= 15 is 0 Å². The van der Waals surface area contributed by atoms with Crippen LogP contribution < -0.4 is 21.3 Å². The molecule has 4 aromatic rings. The van der Waals surface area contributed by atoms with Crippen LogP contribution in [-0.2, 0) is 24.4 Å². The van der Waals surface area contributed by atoms with Gasteiger partial charge in [-0.05, 0) is 46.8 Å². The summed E-state index contributed by atoms with van der Waals surface area (Å²) in [6, 6.07) is 16.0. The van der Waals surface area contributed by atoms with Crippen molar-refractivity contribution in [1.29, 1.82) is 0 Å². The Balaban J connectivity index is 1.61. The van der Waals surface area contributed by atoms with Gasteiger partial charge in [-0.1, -0.05) is 35.9 Å². The lowest BCUT2D eigenvalue weighted by Gasteiger charge is -2.13. The number of nitrogens with one attached hydrogen (secondary N) is 1. The molecule has 7 nitrogen and oxygen atoms in total. The van der Waals surface area contributed by atoms with Crippen molar-refractivity contribution >= 4 is 39.1 Å². The van der Waals surface area contributed by atoms with E-state index in [1.807, 2.05) is 12.1 Å². The van der Waals surface area contributed by atoms with E-state index < -0.39 is 5.69 Å². The van der Waals surface area contributed by atoms with Crippen LogP contribution in [0.4, 0.5) is 0 Å². The number of nitrogens with zero attached hydrogens (tertiary/aromatic N) is 2. The van der Waals surface area contributed by atoms with Gasteiger partial charge >= 0.3 is 5.69 Å². The zero-order valence-corrected chi connectivity index (χ0v) is 18.8. The Morgan fingerprint density at radius 1 is 1.00 bits per heavy atom. The molecular weight excluding hydrogens is 450 g/mol. The molecule has 0 unspecified atom stereocenters. The first-order chi connectivity index (χ1) is 15.5. The van der Waals surface area contributed by atoms with E-state index in [1.165, 1.54) is 15.9 Å². The predicted molar refractivity (Wildman–Crippen MR) is 126 cm³/mol. The number of rotatable bonds is 7. The molecule has 1 amide bonds. The van der Waals surface area contributed by atoms with Gasteiger partial charge in [0.1, 0.15) is 17.0 Å². The summed E-state index contributed by atoms with van der Waals surface area (Å²) in [6.45, 7) is 0.216. The number of ether oxygens (including phenoxy) is 1. The second-order valence-electron chi connectivity index (χ2n) is 7.15. The normalized spacial score (nSPS) is 10.9. The van der Waals surface area contributed by atoms with E-state index in [0.717, 1.165) is 15.7 Å². The third-order valence-electron chi connectivity index (χ3n) is 5.04. The van der Waals surface area contributed by atoms with Crippen molar-refractivity contribution in [2.45, 2.75) is 19.6 Å². The summed E-state index contributed by atoms with van der Waals surface area (Å²) in [4.78, 5) is 38.7. The van der Waals surface area contributed by atoms with Crippen LogP contribution in [0.2, 0.25) is 5.02 Å². The van der Waals surface area contributed by atoms with Gasteiger partial charge in [0.05, 0.1) is 19.2 Å². The van der Waals surface area contributed by atoms with Crippen LogP contribution >= 0.6 is 22.9 Å². The smallest absolute Gasteiger partial charge is 0.332 e. The standard InChI is InChI=1S/C23H20ClN3O4S/c1-31-18-8-4-16(5-9-18)13-27-22(29)21-19(10-11-32-21)26(23(27)30)14-20(28)25-12-15-2-6-17(24)7-3-15/h2-11H,12-14H2,1H3,(H,25,28). The average Bonchev–Trinajstić information content (AvgIpc) is 3.29. The zero-order chi connectivity index (χ0) is 22.7. The van der Waals surface area contributed by atoms with Crippen LogP contribution in [0.5, 0.6) is 5.75 Å². The molecule has 0 saturated carbocycles. The molecule has 0 bridgehead atoms. The first-order valence-corrected chi connectivity index (χ1v) is 11.1. The van der Waals surface area contributed by atoms with Crippen LogP contribution in [-0.4, -0.2) is 22.2 Å². The minimum Gasteiger partial charge on any atom is -0.497 e. The first kappa shape index (κ1) is 21.9. The molecule has 32 heavy (non-hydrogen) atoms. The number of aromatic nitrogens is 2. The topological polar surface area (TPSA) is 82.3 Å². The van der Waals surface area contributed by atoms with Gasteiger partial charge in [0.2, 0.25) is 5.91 Å². The van der Waals surface area contributed by atoms with Gasteiger partial charge in [0.25, 0.3) is 5.56 Å². The minimum absolute atomic E-state index is 0.0991. The number of thiophene rings is 1. The molecule has 2 heterocycles. The number of fused-ring (bicyclic) bond motifs is 1. The van der Waals surface area contributed by atoms with E-state index in [9.17, 15) is 14.4 Å². The van der Waals surface area contributed by atoms with Crippen molar-refractivity contribution < 1.29 is 9.53 Å². The largest absolute Gasteiger partial charge is 0.497 e. The van der Waals surface area contributed by atoms with E-state index in [0.29, 0.717) is 27.5 Å². The Kier molecular flexibility index (Phi) is 6.43. The number of carbonyl (C=O) groups is 1. The van der Waals surface area contributed by atoms with Gasteiger partial charge < -0.3 is 10.1 Å². The molecule has 2 aromatic heterocycles. The fourth-order valence-electron chi connectivity index (χ4n) is 3.34. The number of methoxy groups -OCH3 is 1. The van der Waals surface area contributed by atoms with E-state index in [-0.39, 0.29) is 24.6 Å². The van der Waals surface area contributed by atoms with Gasteiger partial charge in [-0.3, -0.25) is 18.7 Å². The lowest BCUT2D eigenvalue weighted by molar-refractivity contribution is -0.121. The Labute approximate surface area is 192 Å². The van der Waals surface area contributed by atoms with Crippen LogP contribution in [0.15, 0.2) is 69.6 Å². The zero-order valence-electron chi connectivity index (χ0n) is 17.2. The fraction of sp³-hybridized carbons (Fsp3) is 0.174. The average molecular weight is 470 g/mol. The summed E-state index contributed by atoms with van der Waals surface area (Å²) in [5.74, 6) is 0.355. The summed E-state index contributed by atoms with van der Waals surface area (Å²) in [6.07, 6.45) is 0. The lowest BCUT2D eigenvalue weighted by Crippen LogP contribution is -2.42. The Morgan fingerprint density at radius 3 is 2.38 bits per heavy atom. The number of hydrogen-bond acceptors (Lipinski definition) is 5. The Bertz CT molecular complexity index is 1370. The second kappa shape index (κ2) is 9.42. The van der Waals surface area contributed by atoms with Gasteiger partial charge in [-0.25, -0.2) is 4.79 Å². The minimum atomic E-state index is -0.529. The maximum Gasteiger partial charge on any atom is 0.332 e. The van der Waals surface area contributed by atoms with E-state index in [4.69, 9.17) is 16.3 Å². The maximum absolute atomic E-state index is 13.2. The van der Waals surface area contributed by atoms with Crippen molar-refractivity contribution in [1.82, 2.24) is 14.5 Å². The molecule has 0 spiro atoms. The molecular formula is C23H20ClN3O4S. The number of halogens is 1. The molecule has 0 aliphatic rings. The second-order valence-corrected chi connectivity index (χ2v) is 8.50. The van der Waals surface area contributed by atoms with Crippen LogP contribution in [0.3, 0.4) is 0 Å². The van der Waals surface area contributed by atoms with Crippen molar-refractivity contribution in [2.24, 2.45) is 0 Å². The number of carbonyl (C=O) groups excluding carboxylic acids is 1. The van der Waals surface area contributed by atoms with Gasteiger partial charge in [0, 0.05) is 11.6 Å². The quantitative estimate of drug-likeness (QED) is 0.450. The highest BCUT2D eigenvalue weighted by Crippen LogP contribution is 2.16. The molecule has 164 valence electrons. The summed E-state index contributed by atoms with van der Waals surface area (Å²) in [5, 5.41) is 5.17. The molecule has 0 aliphatic carbocycles. The van der Waals surface area contributed by atoms with Gasteiger partial charge in [0.15, 0.2) is 0 Å². The highest BCUT2D eigenvalue weighted by atomic mass is 35.5. The monoisotopic (exact) mass is 469 g/mol. The summed E-state index contributed by atoms with van der Waals surface area (Å²) < 4.78 is 8.09. The van der Waals surface area contributed by atoms with Crippen molar-refractivity contribution in [3.8, 4) is 5.75 Å². The molecule has 0 radical (unpaired) electrons. The maximum atomic E-state index is 13.2. The fourth-order valence-corrected chi connectivity index (χ4v) is 4.31. The van der Waals surface area contributed by atoms with Crippen molar-refractivity contribution in [3.05, 3.63) is 97.0 Å². The molecule has 4 rings (SSSR count). The molecule has 0 fully saturated rings. The highest BCUT2D eigenvalue weighted by Gasteiger charge is 2.16. The third-order valence-corrected chi connectivity index (χ3v) is 6.18. The summed E-state index contributed by atoms with van der Waals surface area (Å²) in [7, 11) is 1.57. The SMILES string of the molecule is COc1ccc(Cn2c(=O)c3sccc3n(CC(=O)NCc3ccc(Cl)cc3)c2=O)cc1. The molecule has 9 heteroatoms. The molecule has 0 aliphatic heterocycles. The Morgan fingerprint density at radius 2 is 1.69 bits per heavy atom. The van der Waals surface area contributed by atoms with Gasteiger partial charge in [-0.2, -0.15) is 0 Å². The van der Waals surface area contributed by atoms with Crippen LogP contribution in [0.25, 0.3) is 10.2 Å². The van der Waals surface area contributed by atoms with Crippen LogP contribution in [0.1, 0.15) is 11.1 Å². The molecule has 1 N–H and O–H groups in total. The molecule has 0 atom stereocenters. The van der Waals surface area contributed by atoms with Crippen LogP contribution in [0, 0.1) is 0 Å². The number of benzene rings is 2. The van der Waals surface area contributed by atoms with Crippen molar-refractivity contribution in [3.63, 3.8) is 0 Å². The highest BCUT2D eigenvalue weighted by molar-refractivity contribution is 7.17. The van der Waals surface area contributed by atoms with Gasteiger partial charge in [-0.15, -0.1) is 11.3 Å². The predicted octanol–water partition coefficient (Wildman–Crippen LogP) is 3.25.